The first-order valence-corrected chi connectivity index (χ1v) is 7.48. The summed E-state index contributed by atoms with van der Waals surface area (Å²) in [5, 5.41) is 0. The van der Waals surface area contributed by atoms with Gasteiger partial charge < -0.3 is 4.74 Å². The van der Waals surface area contributed by atoms with E-state index in [-0.39, 0.29) is 11.9 Å². The molecule has 1 saturated carbocycles. The maximum absolute atomic E-state index is 12.2. The van der Waals surface area contributed by atoms with E-state index in [1.54, 1.807) is 0 Å². The third-order valence-corrected chi connectivity index (χ3v) is 3.98. The molecule has 1 aliphatic rings. The summed E-state index contributed by atoms with van der Waals surface area (Å²) < 4.78 is 5.80. The first kappa shape index (κ1) is 14.3. The molecule has 0 aliphatic heterocycles. The maximum Gasteiger partial charge on any atom is 0.191 e. The Kier molecular flexibility index (Phi) is 5.59. The SMILES string of the molecule is CC(OCC1CCCCCC1)C(=O)c1ccccc1. The van der Waals surface area contributed by atoms with Crippen molar-refractivity contribution in [3.63, 3.8) is 0 Å². The first-order valence-electron chi connectivity index (χ1n) is 7.48. The maximum atomic E-state index is 12.2. The van der Waals surface area contributed by atoms with Gasteiger partial charge in [0.15, 0.2) is 5.78 Å². The molecule has 0 bridgehead atoms. The predicted octanol–water partition coefficient (Wildman–Crippen LogP) is 4.24. The fourth-order valence-electron chi connectivity index (χ4n) is 2.72. The third kappa shape index (κ3) is 4.46. The van der Waals surface area contributed by atoms with Crippen LogP contribution in [0.25, 0.3) is 0 Å². The molecule has 19 heavy (non-hydrogen) atoms. The van der Waals surface area contributed by atoms with Crippen LogP contribution in [0.3, 0.4) is 0 Å². The van der Waals surface area contributed by atoms with Gasteiger partial charge in [-0.15, -0.1) is 0 Å². The lowest BCUT2D eigenvalue weighted by Gasteiger charge is -2.18. The van der Waals surface area contributed by atoms with Crippen LogP contribution in [0.4, 0.5) is 0 Å². The van der Waals surface area contributed by atoms with E-state index in [2.05, 4.69) is 0 Å². The summed E-state index contributed by atoms with van der Waals surface area (Å²) in [5.41, 5.74) is 0.746. The van der Waals surface area contributed by atoms with Gasteiger partial charge in [0.1, 0.15) is 6.10 Å². The Morgan fingerprint density at radius 3 is 2.42 bits per heavy atom. The van der Waals surface area contributed by atoms with Crippen LogP contribution in [-0.2, 0) is 4.74 Å². The minimum atomic E-state index is -0.328. The van der Waals surface area contributed by atoms with Gasteiger partial charge in [-0.05, 0) is 25.7 Å². The number of benzene rings is 1. The van der Waals surface area contributed by atoms with Crippen LogP contribution in [0.15, 0.2) is 30.3 Å². The standard InChI is InChI=1S/C17H24O2/c1-14(17(18)16-11-7-4-8-12-16)19-13-15-9-5-2-3-6-10-15/h4,7-8,11-12,14-15H,2-3,5-6,9-10,13H2,1H3. The molecule has 1 aromatic carbocycles. The number of carbonyl (C=O) groups excluding carboxylic acids is 1. The Labute approximate surface area is 116 Å². The molecule has 0 spiro atoms. The summed E-state index contributed by atoms with van der Waals surface area (Å²) in [6.45, 7) is 2.60. The summed E-state index contributed by atoms with van der Waals surface area (Å²) in [4.78, 5) is 12.2. The average molecular weight is 260 g/mol. The van der Waals surface area contributed by atoms with Gasteiger partial charge in [-0.2, -0.15) is 0 Å². The van der Waals surface area contributed by atoms with Crippen LogP contribution in [0, 0.1) is 5.92 Å². The Hall–Kier alpha value is -1.15. The quantitative estimate of drug-likeness (QED) is 0.584. The molecule has 1 atom stereocenters. The van der Waals surface area contributed by atoms with Gasteiger partial charge in [-0.3, -0.25) is 4.79 Å². The molecule has 2 rings (SSSR count). The summed E-state index contributed by atoms with van der Waals surface area (Å²) in [5.74, 6) is 0.739. The summed E-state index contributed by atoms with van der Waals surface area (Å²) in [6.07, 6.45) is 7.53. The summed E-state index contributed by atoms with van der Waals surface area (Å²) >= 11 is 0. The van der Waals surface area contributed by atoms with Crippen LogP contribution < -0.4 is 0 Å². The Bertz CT molecular complexity index is 378. The van der Waals surface area contributed by atoms with Crippen molar-refractivity contribution in [1.82, 2.24) is 0 Å². The van der Waals surface area contributed by atoms with Gasteiger partial charge in [0, 0.05) is 5.56 Å². The highest BCUT2D eigenvalue weighted by Gasteiger charge is 2.18. The molecule has 1 aliphatic carbocycles. The molecule has 1 unspecified atom stereocenters. The lowest BCUT2D eigenvalue weighted by atomic mass is 10.0. The van der Waals surface area contributed by atoms with Crippen molar-refractivity contribution in [1.29, 1.82) is 0 Å². The Morgan fingerprint density at radius 2 is 1.79 bits per heavy atom. The first-order chi connectivity index (χ1) is 9.27. The zero-order chi connectivity index (χ0) is 13.5. The molecule has 1 aromatic rings. The number of Topliss-reactive ketones (excluding diaryl/α,β-unsaturated/α-hetero) is 1. The van der Waals surface area contributed by atoms with Crippen molar-refractivity contribution in [2.75, 3.05) is 6.61 Å². The second-order valence-corrected chi connectivity index (χ2v) is 5.56. The topological polar surface area (TPSA) is 26.3 Å². The van der Waals surface area contributed by atoms with Crippen molar-refractivity contribution in [3.8, 4) is 0 Å². The molecule has 104 valence electrons. The second-order valence-electron chi connectivity index (χ2n) is 5.56. The van der Waals surface area contributed by atoms with E-state index in [0.717, 1.165) is 12.2 Å². The van der Waals surface area contributed by atoms with Crippen molar-refractivity contribution in [3.05, 3.63) is 35.9 Å². The van der Waals surface area contributed by atoms with Crippen molar-refractivity contribution >= 4 is 5.78 Å². The molecule has 2 nitrogen and oxygen atoms in total. The highest BCUT2D eigenvalue weighted by Crippen LogP contribution is 2.23. The van der Waals surface area contributed by atoms with E-state index in [9.17, 15) is 4.79 Å². The molecular formula is C17H24O2. The minimum absolute atomic E-state index is 0.0919. The molecule has 2 heteroatoms. The monoisotopic (exact) mass is 260 g/mol. The van der Waals surface area contributed by atoms with E-state index in [4.69, 9.17) is 4.74 Å². The van der Waals surface area contributed by atoms with E-state index < -0.39 is 0 Å². The van der Waals surface area contributed by atoms with E-state index in [1.807, 2.05) is 37.3 Å². The number of rotatable bonds is 5. The Morgan fingerprint density at radius 1 is 1.16 bits per heavy atom. The summed E-state index contributed by atoms with van der Waals surface area (Å²) in [7, 11) is 0. The molecular weight excluding hydrogens is 236 g/mol. The summed E-state index contributed by atoms with van der Waals surface area (Å²) in [6, 6.07) is 9.42. The van der Waals surface area contributed by atoms with Gasteiger partial charge >= 0.3 is 0 Å². The normalized spacial score (nSPS) is 18.8. The molecule has 0 radical (unpaired) electrons. The van der Waals surface area contributed by atoms with Crippen LogP contribution in [0.1, 0.15) is 55.8 Å². The smallest absolute Gasteiger partial charge is 0.191 e. The average Bonchev–Trinajstić information content (AvgIpc) is 2.73. The van der Waals surface area contributed by atoms with E-state index >= 15 is 0 Å². The van der Waals surface area contributed by atoms with Crippen LogP contribution in [-0.4, -0.2) is 18.5 Å². The van der Waals surface area contributed by atoms with Gasteiger partial charge in [0.2, 0.25) is 0 Å². The fraction of sp³-hybridized carbons (Fsp3) is 0.588. The van der Waals surface area contributed by atoms with Crippen molar-refractivity contribution in [2.45, 2.75) is 51.6 Å². The zero-order valence-corrected chi connectivity index (χ0v) is 11.8. The van der Waals surface area contributed by atoms with Crippen LogP contribution >= 0.6 is 0 Å². The van der Waals surface area contributed by atoms with Gasteiger partial charge in [-0.1, -0.05) is 56.0 Å². The Balaban J connectivity index is 1.80. The lowest BCUT2D eigenvalue weighted by molar-refractivity contribution is 0.0321. The predicted molar refractivity (Wildman–Crippen MR) is 77.4 cm³/mol. The van der Waals surface area contributed by atoms with Crippen molar-refractivity contribution in [2.24, 2.45) is 5.92 Å². The minimum Gasteiger partial charge on any atom is -0.370 e. The van der Waals surface area contributed by atoms with Crippen LogP contribution in [0.5, 0.6) is 0 Å². The van der Waals surface area contributed by atoms with Crippen molar-refractivity contribution < 1.29 is 9.53 Å². The fourth-order valence-corrected chi connectivity index (χ4v) is 2.72. The lowest BCUT2D eigenvalue weighted by Crippen LogP contribution is -2.24. The number of ketones is 1. The number of ether oxygens (including phenoxy) is 1. The second kappa shape index (κ2) is 7.44. The number of carbonyl (C=O) groups is 1. The number of hydrogen-bond acceptors (Lipinski definition) is 2. The van der Waals surface area contributed by atoms with E-state index in [0.29, 0.717) is 5.92 Å². The third-order valence-electron chi connectivity index (χ3n) is 3.98. The highest BCUT2D eigenvalue weighted by molar-refractivity contribution is 5.99. The van der Waals surface area contributed by atoms with Gasteiger partial charge in [0.05, 0.1) is 6.61 Å². The molecule has 0 heterocycles. The van der Waals surface area contributed by atoms with E-state index in [1.165, 1.54) is 38.5 Å². The molecule has 0 saturated heterocycles. The number of hydrogen-bond donors (Lipinski definition) is 0. The zero-order valence-electron chi connectivity index (χ0n) is 11.8. The largest absolute Gasteiger partial charge is 0.370 e. The molecule has 0 amide bonds. The molecule has 0 N–H and O–H groups in total. The molecule has 1 fully saturated rings. The highest BCUT2D eigenvalue weighted by atomic mass is 16.5. The molecule has 0 aromatic heterocycles. The van der Waals surface area contributed by atoms with Crippen LogP contribution in [0.2, 0.25) is 0 Å². The van der Waals surface area contributed by atoms with Gasteiger partial charge in [0.25, 0.3) is 0 Å². The van der Waals surface area contributed by atoms with Gasteiger partial charge in [-0.25, -0.2) is 0 Å².